The first-order chi connectivity index (χ1) is 9.47. The van der Waals surface area contributed by atoms with E-state index in [1.54, 1.807) is 0 Å². The van der Waals surface area contributed by atoms with Crippen LogP contribution in [0.1, 0.15) is 15.9 Å². The van der Waals surface area contributed by atoms with Gasteiger partial charge in [-0.05, 0) is 6.07 Å². The summed E-state index contributed by atoms with van der Waals surface area (Å²) in [7, 11) is 0. The van der Waals surface area contributed by atoms with Gasteiger partial charge in [0.2, 0.25) is 0 Å². The fourth-order valence-electron chi connectivity index (χ4n) is 1.55. The lowest BCUT2D eigenvalue weighted by molar-refractivity contribution is -0.385. The van der Waals surface area contributed by atoms with Crippen molar-refractivity contribution >= 4 is 17.4 Å². The zero-order valence-electron chi connectivity index (χ0n) is 10.1. The monoisotopic (exact) mass is 279 g/mol. The van der Waals surface area contributed by atoms with Crippen molar-refractivity contribution in [2.45, 2.75) is 6.54 Å². The Hall–Kier alpha value is -2.97. The van der Waals surface area contributed by atoms with Gasteiger partial charge in [0.1, 0.15) is 11.6 Å². The van der Waals surface area contributed by atoms with Crippen molar-refractivity contribution < 1.29 is 14.1 Å². The van der Waals surface area contributed by atoms with Crippen LogP contribution in [-0.2, 0) is 6.54 Å². The van der Waals surface area contributed by atoms with E-state index in [2.05, 4.69) is 15.5 Å². The molecule has 0 fully saturated rings. The molecule has 104 valence electrons. The third-order valence-electron chi connectivity index (χ3n) is 2.55. The predicted octanol–water partition coefficient (Wildman–Crippen LogP) is 0.969. The molecule has 0 atom stereocenters. The zero-order valence-corrected chi connectivity index (χ0v) is 10.1. The van der Waals surface area contributed by atoms with Crippen molar-refractivity contribution in [3.8, 4) is 0 Å². The maximum Gasteiger partial charge on any atom is 0.273 e. The lowest BCUT2D eigenvalue weighted by Crippen LogP contribution is -2.23. The molecule has 0 aliphatic heterocycles. The third-order valence-corrected chi connectivity index (χ3v) is 2.55. The Bertz CT molecular complexity index is 670. The van der Waals surface area contributed by atoms with E-state index < -0.39 is 22.3 Å². The Balaban J connectivity index is 2.13. The number of halogens is 1. The van der Waals surface area contributed by atoms with Crippen molar-refractivity contribution in [3.05, 3.63) is 51.5 Å². The number of anilines is 1. The standard InChI is InChI=1S/C11H10FN5O3/c12-8-1-6(2-9(3-8)17(19)20)11(18)14-4-7-5-15-16-10(7)13/h1-3,5H,4H2,(H,14,18)(H3,13,15,16). The number of nitro benzene ring substituents is 1. The highest BCUT2D eigenvalue weighted by atomic mass is 19.1. The summed E-state index contributed by atoms with van der Waals surface area (Å²) in [5.41, 5.74) is 5.47. The number of benzene rings is 1. The number of nitrogens with one attached hydrogen (secondary N) is 2. The molecule has 1 aromatic heterocycles. The molecular formula is C11H10FN5O3. The first-order valence-corrected chi connectivity index (χ1v) is 5.48. The van der Waals surface area contributed by atoms with E-state index in [-0.39, 0.29) is 12.1 Å². The lowest BCUT2D eigenvalue weighted by Gasteiger charge is -2.04. The van der Waals surface area contributed by atoms with Gasteiger partial charge >= 0.3 is 0 Å². The number of carbonyl (C=O) groups excluding carboxylic acids is 1. The van der Waals surface area contributed by atoms with Gasteiger partial charge in [0, 0.05) is 23.7 Å². The summed E-state index contributed by atoms with van der Waals surface area (Å²) in [4.78, 5) is 21.6. The van der Waals surface area contributed by atoms with Gasteiger partial charge in [-0.15, -0.1) is 0 Å². The Kier molecular flexibility index (Phi) is 3.60. The molecule has 8 nitrogen and oxygen atoms in total. The second kappa shape index (κ2) is 5.34. The first-order valence-electron chi connectivity index (χ1n) is 5.48. The molecule has 0 aliphatic carbocycles. The Morgan fingerprint density at radius 2 is 2.25 bits per heavy atom. The van der Waals surface area contributed by atoms with Crippen LogP contribution in [0, 0.1) is 15.9 Å². The largest absolute Gasteiger partial charge is 0.384 e. The average Bonchev–Trinajstić information content (AvgIpc) is 2.80. The maximum atomic E-state index is 13.2. The number of H-pyrrole nitrogens is 1. The smallest absolute Gasteiger partial charge is 0.273 e. The summed E-state index contributed by atoms with van der Waals surface area (Å²) >= 11 is 0. The molecule has 1 heterocycles. The van der Waals surface area contributed by atoms with E-state index in [0.717, 1.165) is 18.2 Å². The SMILES string of the molecule is Nc1[nH]ncc1CNC(=O)c1cc(F)cc([N+](=O)[O-])c1. The van der Waals surface area contributed by atoms with E-state index in [0.29, 0.717) is 11.4 Å². The van der Waals surface area contributed by atoms with Crippen molar-refractivity contribution in [2.24, 2.45) is 0 Å². The number of nitrogen functional groups attached to an aromatic ring is 1. The summed E-state index contributed by atoms with van der Waals surface area (Å²) in [6.45, 7) is 0.0749. The fourth-order valence-corrected chi connectivity index (χ4v) is 1.55. The average molecular weight is 279 g/mol. The van der Waals surface area contributed by atoms with Crippen LogP contribution >= 0.6 is 0 Å². The van der Waals surface area contributed by atoms with Crippen LogP contribution < -0.4 is 11.1 Å². The van der Waals surface area contributed by atoms with E-state index in [9.17, 15) is 19.3 Å². The van der Waals surface area contributed by atoms with Crippen LogP contribution in [0.3, 0.4) is 0 Å². The molecule has 0 spiro atoms. The second-order valence-corrected chi connectivity index (χ2v) is 3.95. The van der Waals surface area contributed by atoms with E-state index in [4.69, 9.17) is 5.73 Å². The first kappa shape index (κ1) is 13.5. The quantitative estimate of drug-likeness (QED) is 0.567. The van der Waals surface area contributed by atoms with Gasteiger partial charge in [-0.1, -0.05) is 0 Å². The minimum Gasteiger partial charge on any atom is -0.384 e. The summed E-state index contributed by atoms with van der Waals surface area (Å²) < 4.78 is 13.2. The Labute approximate surface area is 111 Å². The minimum absolute atomic E-state index is 0.0749. The summed E-state index contributed by atoms with van der Waals surface area (Å²) in [5.74, 6) is -1.20. The van der Waals surface area contributed by atoms with Gasteiger partial charge in [-0.2, -0.15) is 5.10 Å². The number of rotatable bonds is 4. The van der Waals surface area contributed by atoms with Crippen molar-refractivity contribution in [2.75, 3.05) is 5.73 Å². The number of nitrogens with zero attached hydrogens (tertiary/aromatic N) is 2. The number of hydrogen-bond donors (Lipinski definition) is 3. The van der Waals surface area contributed by atoms with Crippen molar-refractivity contribution in [1.29, 1.82) is 0 Å². The van der Waals surface area contributed by atoms with Gasteiger partial charge in [-0.25, -0.2) is 4.39 Å². The second-order valence-electron chi connectivity index (χ2n) is 3.95. The number of non-ortho nitro benzene ring substituents is 1. The number of aromatic amines is 1. The Morgan fingerprint density at radius 1 is 1.50 bits per heavy atom. The van der Waals surface area contributed by atoms with Crippen LogP contribution in [0.25, 0.3) is 0 Å². The van der Waals surface area contributed by atoms with Crippen molar-refractivity contribution in [3.63, 3.8) is 0 Å². The molecule has 9 heteroatoms. The lowest BCUT2D eigenvalue weighted by atomic mass is 10.2. The molecule has 0 unspecified atom stereocenters. The molecule has 0 bridgehead atoms. The molecular weight excluding hydrogens is 269 g/mol. The highest BCUT2D eigenvalue weighted by molar-refractivity contribution is 5.94. The molecule has 0 saturated heterocycles. The molecule has 1 amide bonds. The highest BCUT2D eigenvalue weighted by Crippen LogP contribution is 2.16. The Morgan fingerprint density at radius 3 is 2.85 bits per heavy atom. The number of nitrogens with two attached hydrogens (primary N) is 1. The molecule has 2 aromatic rings. The molecule has 0 aliphatic rings. The van der Waals surface area contributed by atoms with E-state index in [1.807, 2.05) is 0 Å². The van der Waals surface area contributed by atoms with E-state index in [1.165, 1.54) is 6.20 Å². The molecule has 4 N–H and O–H groups in total. The van der Waals surface area contributed by atoms with E-state index >= 15 is 0 Å². The summed E-state index contributed by atoms with van der Waals surface area (Å²) in [6, 6.07) is 2.66. The maximum absolute atomic E-state index is 13.2. The topological polar surface area (TPSA) is 127 Å². The summed E-state index contributed by atoms with van der Waals surface area (Å²) in [6.07, 6.45) is 1.43. The minimum atomic E-state index is -0.854. The molecule has 2 rings (SSSR count). The number of amides is 1. The summed E-state index contributed by atoms with van der Waals surface area (Å²) in [5, 5.41) is 19.2. The molecule has 0 radical (unpaired) electrons. The predicted molar refractivity (Wildman–Crippen MR) is 67.2 cm³/mol. The number of carbonyl (C=O) groups is 1. The normalized spacial score (nSPS) is 10.2. The van der Waals surface area contributed by atoms with Crippen LogP contribution in [0.2, 0.25) is 0 Å². The molecule has 1 aromatic carbocycles. The zero-order chi connectivity index (χ0) is 14.7. The van der Waals surface area contributed by atoms with Crippen LogP contribution in [0.4, 0.5) is 15.9 Å². The van der Waals surface area contributed by atoms with Gasteiger partial charge in [0.15, 0.2) is 0 Å². The van der Waals surface area contributed by atoms with Gasteiger partial charge < -0.3 is 11.1 Å². The van der Waals surface area contributed by atoms with Crippen LogP contribution in [0.15, 0.2) is 24.4 Å². The van der Waals surface area contributed by atoms with Gasteiger partial charge in [-0.3, -0.25) is 20.0 Å². The number of nitro groups is 1. The number of hydrogen-bond acceptors (Lipinski definition) is 5. The fraction of sp³-hybridized carbons (Fsp3) is 0.0909. The number of aromatic nitrogens is 2. The molecule has 20 heavy (non-hydrogen) atoms. The van der Waals surface area contributed by atoms with Gasteiger partial charge in [0.25, 0.3) is 11.6 Å². The third kappa shape index (κ3) is 2.88. The van der Waals surface area contributed by atoms with Gasteiger partial charge in [0.05, 0.1) is 17.2 Å². The van der Waals surface area contributed by atoms with Crippen LogP contribution in [0.5, 0.6) is 0 Å². The van der Waals surface area contributed by atoms with Crippen LogP contribution in [-0.4, -0.2) is 21.0 Å². The molecule has 0 saturated carbocycles. The van der Waals surface area contributed by atoms with Crippen molar-refractivity contribution in [1.82, 2.24) is 15.5 Å². The highest BCUT2D eigenvalue weighted by Gasteiger charge is 2.15.